The van der Waals surface area contributed by atoms with Gasteiger partial charge in [0.25, 0.3) is 0 Å². The van der Waals surface area contributed by atoms with E-state index in [0.717, 1.165) is 0 Å². The molecule has 0 bridgehead atoms. The molecule has 3 aromatic rings. The van der Waals surface area contributed by atoms with E-state index in [0.29, 0.717) is 6.04 Å². The second kappa shape index (κ2) is 7.05. The van der Waals surface area contributed by atoms with E-state index in [1.165, 1.54) is 34.6 Å². The molecule has 2 aliphatic heterocycles. The molecule has 0 spiro atoms. The third kappa shape index (κ3) is 2.75. The van der Waals surface area contributed by atoms with Crippen LogP contribution < -0.4 is 5.32 Å². The fourth-order valence-electron chi connectivity index (χ4n) is 4.40. The topological polar surface area (TPSA) is 21.9 Å². The van der Waals surface area contributed by atoms with Crippen LogP contribution in [0.15, 0.2) is 91.0 Å². The Labute approximate surface area is 170 Å². The molecule has 2 atom stereocenters. The Morgan fingerprint density at radius 3 is 1.78 bits per heavy atom. The fourth-order valence-corrected chi connectivity index (χ4v) is 8.22. The number of hydrogen-bond donors (Lipinski definition) is 1. The van der Waals surface area contributed by atoms with E-state index < -0.39 is 0 Å². The Morgan fingerprint density at radius 1 is 0.667 bits per heavy atom. The summed E-state index contributed by atoms with van der Waals surface area (Å²) in [5.74, 6) is 2.42. The van der Waals surface area contributed by atoms with E-state index >= 15 is 0 Å². The molecule has 3 aromatic carbocycles. The monoisotopic (exact) mass is 389 g/mol. The van der Waals surface area contributed by atoms with E-state index in [-0.39, 0.29) is 9.62 Å². The van der Waals surface area contributed by atoms with Gasteiger partial charge in [-0.05, 0) is 34.6 Å². The van der Waals surface area contributed by atoms with Crippen molar-refractivity contribution >= 4 is 23.5 Å². The van der Waals surface area contributed by atoms with Crippen LogP contribution in [0.3, 0.4) is 0 Å². The van der Waals surface area contributed by atoms with Crippen molar-refractivity contribution in [2.45, 2.75) is 22.1 Å². The zero-order valence-corrected chi connectivity index (χ0v) is 16.8. The normalized spacial score (nSPS) is 26.4. The van der Waals surface area contributed by atoms with Gasteiger partial charge in [0.05, 0.1) is 11.6 Å². The molecule has 0 unspecified atom stereocenters. The number of thioether (sulfide) groups is 2. The molecule has 136 valence electrons. The van der Waals surface area contributed by atoms with Gasteiger partial charge < -0.3 is 0 Å². The Balaban J connectivity index is 1.70. The maximum Gasteiger partial charge on any atom is 0.110 e. The van der Waals surface area contributed by atoms with Crippen LogP contribution >= 0.6 is 23.5 Å². The second-order valence-electron chi connectivity index (χ2n) is 7.20. The van der Waals surface area contributed by atoms with Gasteiger partial charge in [-0.2, -0.15) is 0 Å². The SMILES string of the molecule is c1ccc([C@H]2N[C@@]2(c2ccccc2)C2(c3ccccc3)SCCCS2)cc1. The first-order chi connectivity index (χ1) is 13.4. The van der Waals surface area contributed by atoms with Crippen LogP contribution in [0.25, 0.3) is 0 Å². The van der Waals surface area contributed by atoms with Crippen LogP contribution in [-0.4, -0.2) is 11.5 Å². The number of benzene rings is 3. The van der Waals surface area contributed by atoms with Crippen LogP contribution in [0.4, 0.5) is 0 Å². The number of rotatable bonds is 4. The predicted octanol–water partition coefficient (Wildman–Crippen LogP) is 5.95. The summed E-state index contributed by atoms with van der Waals surface area (Å²) in [5, 5.41) is 3.98. The lowest BCUT2D eigenvalue weighted by Gasteiger charge is -2.43. The Hall–Kier alpha value is -1.68. The largest absolute Gasteiger partial charge is 0.295 e. The average molecular weight is 390 g/mol. The van der Waals surface area contributed by atoms with E-state index in [1.807, 2.05) is 0 Å². The Kier molecular flexibility index (Phi) is 4.55. The molecule has 0 radical (unpaired) electrons. The van der Waals surface area contributed by atoms with Crippen LogP contribution in [0.2, 0.25) is 0 Å². The molecule has 0 aromatic heterocycles. The minimum atomic E-state index is -0.0906. The number of nitrogens with one attached hydrogen (secondary N) is 1. The zero-order valence-electron chi connectivity index (χ0n) is 15.2. The molecule has 2 saturated heterocycles. The lowest BCUT2D eigenvalue weighted by atomic mass is 9.85. The summed E-state index contributed by atoms with van der Waals surface area (Å²) in [4.78, 5) is 0. The minimum Gasteiger partial charge on any atom is -0.295 e. The molecule has 1 nitrogen and oxygen atoms in total. The summed E-state index contributed by atoms with van der Waals surface area (Å²) in [6, 6.07) is 33.5. The molecule has 27 heavy (non-hydrogen) atoms. The first-order valence-electron chi connectivity index (χ1n) is 9.58. The van der Waals surface area contributed by atoms with Crippen molar-refractivity contribution in [2.24, 2.45) is 0 Å². The van der Waals surface area contributed by atoms with Crippen molar-refractivity contribution < 1.29 is 0 Å². The highest BCUT2D eigenvalue weighted by Gasteiger charge is 2.69. The van der Waals surface area contributed by atoms with Gasteiger partial charge in [0.2, 0.25) is 0 Å². The summed E-state index contributed by atoms with van der Waals surface area (Å²) in [6.45, 7) is 0. The molecular formula is C24H23NS2. The van der Waals surface area contributed by atoms with E-state index in [1.54, 1.807) is 0 Å². The molecule has 1 N–H and O–H groups in total. The summed E-state index contributed by atoms with van der Waals surface area (Å²) >= 11 is 4.25. The first kappa shape index (κ1) is 17.4. The summed E-state index contributed by atoms with van der Waals surface area (Å²) in [7, 11) is 0. The molecule has 0 saturated carbocycles. The van der Waals surface area contributed by atoms with Crippen LogP contribution in [0, 0.1) is 0 Å². The van der Waals surface area contributed by atoms with Gasteiger partial charge in [-0.25, -0.2) is 0 Å². The molecule has 2 aliphatic rings. The van der Waals surface area contributed by atoms with Crippen molar-refractivity contribution in [3.63, 3.8) is 0 Å². The lowest BCUT2D eigenvalue weighted by Crippen LogP contribution is -2.40. The van der Waals surface area contributed by atoms with Crippen molar-refractivity contribution in [3.8, 4) is 0 Å². The van der Waals surface area contributed by atoms with Crippen molar-refractivity contribution in [1.29, 1.82) is 0 Å². The smallest absolute Gasteiger partial charge is 0.110 e. The average Bonchev–Trinajstić information content (AvgIpc) is 3.54. The Bertz CT molecular complexity index is 891. The van der Waals surface area contributed by atoms with Gasteiger partial charge in [-0.15, -0.1) is 23.5 Å². The summed E-state index contributed by atoms with van der Waals surface area (Å²) < 4.78 is -0.0195. The first-order valence-corrected chi connectivity index (χ1v) is 11.6. The molecular weight excluding hydrogens is 366 g/mol. The molecule has 0 aliphatic carbocycles. The Morgan fingerprint density at radius 2 is 1.19 bits per heavy atom. The molecule has 0 amide bonds. The van der Waals surface area contributed by atoms with Gasteiger partial charge in [-0.1, -0.05) is 91.0 Å². The van der Waals surface area contributed by atoms with Crippen LogP contribution in [0.1, 0.15) is 29.2 Å². The maximum absolute atomic E-state index is 3.98. The quantitative estimate of drug-likeness (QED) is 0.557. The molecule has 5 rings (SSSR count). The highest BCUT2D eigenvalue weighted by Crippen LogP contribution is 2.70. The van der Waals surface area contributed by atoms with E-state index in [9.17, 15) is 0 Å². The van der Waals surface area contributed by atoms with Gasteiger partial charge in [0, 0.05) is 0 Å². The van der Waals surface area contributed by atoms with Gasteiger partial charge in [0.1, 0.15) is 4.08 Å². The molecule has 2 heterocycles. The van der Waals surface area contributed by atoms with Crippen molar-refractivity contribution in [1.82, 2.24) is 5.32 Å². The second-order valence-corrected chi connectivity index (χ2v) is 10.1. The van der Waals surface area contributed by atoms with Crippen molar-refractivity contribution in [3.05, 3.63) is 108 Å². The standard InChI is InChI=1S/C24H23NS2/c1-4-11-19(12-5-1)22-23(25-22,20-13-6-2-7-14-20)24(26-17-10-18-27-24)21-15-8-3-9-16-21/h1-9,11-16,22,25H,10,17-18H2/t22-,23-/m1/s1. The van der Waals surface area contributed by atoms with Crippen LogP contribution in [0.5, 0.6) is 0 Å². The zero-order chi connectivity index (χ0) is 18.2. The summed E-state index contributed by atoms with van der Waals surface area (Å²) in [6.07, 6.45) is 1.28. The predicted molar refractivity (Wildman–Crippen MR) is 118 cm³/mol. The maximum atomic E-state index is 3.98. The molecule has 2 fully saturated rings. The minimum absolute atomic E-state index is 0.0195. The van der Waals surface area contributed by atoms with Crippen molar-refractivity contribution in [2.75, 3.05) is 11.5 Å². The van der Waals surface area contributed by atoms with Crippen LogP contribution in [-0.2, 0) is 9.62 Å². The van der Waals surface area contributed by atoms with Gasteiger partial charge in [-0.3, -0.25) is 5.32 Å². The highest BCUT2D eigenvalue weighted by atomic mass is 32.2. The van der Waals surface area contributed by atoms with E-state index in [4.69, 9.17) is 0 Å². The number of hydrogen-bond acceptors (Lipinski definition) is 3. The molecule has 3 heteroatoms. The van der Waals surface area contributed by atoms with Gasteiger partial charge >= 0.3 is 0 Å². The fraction of sp³-hybridized carbons (Fsp3) is 0.250. The van der Waals surface area contributed by atoms with Gasteiger partial charge in [0.15, 0.2) is 0 Å². The lowest BCUT2D eigenvalue weighted by molar-refractivity contribution is 0.584. The van der Waals surface area contributed by atoms with E-state index in [2.05, 4.69) is 120 Å². The summed E-state index contributed by atoms with van der Waals surface area (Å²) in [5.41, 5.74) is 4.11. The third-order valence-corrected chi connectivity index (χ3v) is 9.28. The highest BCUT2D eigenvalue weighted by molar-refractivity contribution is 8.18. The third-order valence-electron chi connectivity index (χ3n) is 5.66.